The van der Waals surface area contributed by atoms with Gasteiger partial charge < -0.3 is 9.47 Å². The van der Waals surface area contributed by atoms with Gasteiger partial charge in [0, 0.05) is 11.4 Å². The van der Waals surface area contributed by atoms with Gasteiger partial charge in [0.05, 0.1) is 13.2 Å². The van der Waals surface area contributed by atoms with E-state index in [1.54, 1.807) is 0 Å². The first-order chi connectivity index (χ1) is 20.8. The first-order valence-corrected chi connectivity index (χ1v) is 19.9. The van der Waals surface area contributed by atoms with E-state index in [2.05, 4.69) is 48.0 Å². The van der Waals surface area contributed by atoms with E-state index in [1.165, 1.54) is 173 Å². The van der Waals surface area contributed by atoms with Crippen LogP contribution in [-0.2, 0) is 5.33 Å². The summed E-state index contributed by atoms with van der Waals surface area (Å²) in [5.41, 5.74) is 1.23. The lowest BCUT2D eigenvalue weighted by molar-refractivity contribution is 0.289. The Hall–Kier alpha value is -0.700. The van der Waals surface area contributed by atoms with E-state index in [-0.39, 0.29) is 0 Å². The van der Waals surface area contributed by atoms with E-state index in [4.69, 9.17) is 9.47 Å². The predicted octanol–water partition coefficient (Wildman–Crippen LogP) is 14.3. The van der Waals surface area contributed by atoms with Crippen molar-refractivity contribution in [2.24, 2.45) is 0 Å². The fourth-order valence-corrected chi connectivity index (χ4v) is 6.17. The van der Waals surface area contributed by atoms with Gasteiger partial charge in [-0.15, -0.1) is 0 Å². The summed E-state index contributed by atoms with van der Waals surface area (Å²) >= 11 is 3.61. The Morgan fingerprint density at radius 1 is 0.381 bits per heavy atom. The van der Waals surface area contributed by atoms with Gasteiger partial charge >= 0.3 is 0 Å². The molecule has 246 valence electrons. The second-order valence-electron chi connectivity index (χ2n) is 12.8. The van der Waals surface area contributed by atoms with Crippen LogP contribution in [0.4, 0.5) is 0 Å². The van der Waals surface area contributed by atoms with Crippen LogP contribution in [0.3, 0.4) is 0 Å². The molecule has 1 aromatic rings. The molecule has 0 unspecified atom stereocenters. The standard InChI is InChI=1S/C39H71BrO2/c1-3-5-7-9-11-13-15-17-19-21-23-25-27-29-31-41-38-33-37(36-40)34-39(35-38)42-32-30-28-26-24-22-20-18-16-14-12-10-8-6-4-2/h33-35H,3-32,36H2,1-2H3. The molecule has 0 spiro atoms. The zero-order chi connectivity index (χ0) is 30.2. The SMILES string of the molecule is CCCCCCCCCCCCCCCCOc1cc(CBr)cc(OCCCCCCCCCCCCCCCC)c1. The molecule has 0 aromatic heterocycles. The van der Waals surface area contributed by atoms with Crippen LogP contribution in [0.5, 0.6) is 11.5 Å². The Bertz CT molecular complexity index is 624. The molecule has 2 nitrogen and oxygen atoms in total. The predicted molar refractivity (Wildman–Crippen MR) is 191 cm³/mol. The average Bonchev–Trinajstić information content (AvgIpc) is 3.01. The zero-order valence-electron chi connectivity index (χ0n) is 28.3. The van der Waals surface area contributed by atoms with Crippen LogP contribution in [0.25, 0.3) is 0 Å². The number of benzene rings is 1. The Kier molecular flexibility index (Phi) is 29.7. The third-order valence-electron chi connectivity index (χ3n) is 8.63. The highest BCUT2D eigenvalue weighted by atomic mass is 79.9. The summed E-state index contributed by atoms with van der Waals surface area (Å²) in [7, 11) is 0. The van der Waals surface area contributed by atoms with Crippen LogP contribution >= 0.6 is 15.9 Å². The first-order valence-electron chi connectivity index (χ1n) is 18.8. The molecule has 0 atom stereocenters. The number of rotatable bonds is 33. The number of hydrogen-bond acceptors (Lipinski definition) is 2. The third kappa shape index (κ3) is 25.8. The molecule has 0 saturated heterocycles. The lowest BCUT2D eigenvalue weighted by atomic mass is 10.0. The Labute approximate surface area is 272 Å². The molecule has 0 N–H and O–H groups in total. The van der Waals surface area contributed by atoms with Crippen LogP contribution in [-0.4, -0.2) is 13.2 Å². The van der Waals surface area contributed by atoms with Crippen molar-refractivity contribution in [3.63, 3.8) is 0 Å². The van der Waals surface area contributed by atoms with Crippen molar-refractivity contribution in [1.82, 2.24) is 0 Å². The minimum Gasteiger partial charge on any atom is -0.493 e. The van der Waals surface area contributed by atoms with Crippen LogP contribution < -0.4 is 9.47 Å². The number of ether oxygens (including phenoxy) is 2. The van der Waals surface area contributed by atoms with Gasteiger partial charge in [0.2, 0.25) is 0 Å². The molecule has 3 heteroatoms. The minimum atomic E-state index is 0.808. The lowest BCUT2D eigenvalue weighted by Crippen LogP contribution is -2.01. The van der Waals surface area contributed by atoms with Gasteiger partial charge in [-0.3, -0.25) is 0 Å². The second-order valence-corrected chi connectivity index (χ2v) is 13.4. The van der Waals surface area contributed by atoms with E-state index in [1.807, 2.05) is 0 Å². The molecule has 0 heterocycles. The van der Waals surface area contributed by atoms with Crippen molar-refractivity contribution in [2.75, 3.05) is 13.2 Å². The van der Waals surface area contributed by atoms with Crippen LogP contribution in [0, 0.1) is 0 Å². The lowest BCUT2D eigenvalue weighted by Gasteiger charge is -2.12. The van der Waals surface area contributed by atoms with Crippen molar-refractivity contribution in [3.05, 3.63) is 23.8 Å². The maximum Gasteiger partial charge on any atom is 0.123 e. The molecule has 0 aliphatic rings. The maximum atomic E-state index is 6.12. The van der Waals surface area contributed by atoms with Crippen LogP contribution in [0.1, 0.15) is 199 Å². The van der Waals surface area contributed by atoms with Crippen LogP contribution in [0.2, 0.25) is 0 Å². The second kappa shape index (κ2) is 31.7. The van der Waals surface area contributed by atoms with Crippen molar-refractivity contribution in [2.45, 2.75) is 199 Å². The number of hydrogen-bond donors (Lipinski definition) is 0. The molecule has 1 rings (SSSR count). The Balaban J connectivity index is 1.99. The largest absolute Gasteiger partial charge is 0.493 e. The summed E-state index contributed by atoms with van der Waals surface area (Å²) in [6.45, 7) is 6.21. The van der Waals surface area contributed by atoms with Crippen molar-refractivity contribution >= 4 is 15.9 Å². The van der Waals surface area contributed by atoms with Gasteiger partial charge in [0.1, 0.15) is 11.5 Å². The fourth-order valence-electron chi connectivity index (χ4n) is 5.85. The number of unbranched alkanes of at least 4 members (excludes halogenated alkanes) is 26. The summed E-state index contributed by atoms with van der Waals surface area (Å²) in [6, 6.07) is 6.38. The molecule has 0 radical (unpaired) electrons. The smallest absolute Gasteiger partial charge is 0.123 e. The normalized spacial score (nSPS) is 11.3. The van der Waals surface area contributed by atoms with Gasteiger partial charge in [0.25, 0.3) is 0 Å². The summed E-state index contributed by atoms with van der Waals surface area (Å²) < 4.78 is 12.2. The summed E-state index contributed by atoms with van der Waals surface area (Å²) in [5.74, 6) is 1.91. The van der Waals surface area contributed by atoms with E-state index < -0.39 is 0 Å². The first kappa shape index (κ1) is 39.3. The van der Waals surface area contributed by atoms with Crippen molar-refractivity contribution < 1.29 is 9.47 Å². The monoisotopic (exact) mass is 650 g/mol. The molecule has 0 aliphatic carbocycles. The van der Waals surface area contributed by atoms with Gasteiger partial charge in [-0.05, 0) is 30.5 Å². The molecule has 0 bridgehead atoms. The fraction of sp³-hybridized carbons (Fsp3) is 0.846. The summed E-state index contributed by atoms with van der Waals surface area (Å²) in [6.07, 6.45) is 38.8. The molecule has 0 amide bonds. The molecule has 1 aromatic carbocycles. The highest BCUT2D eigenvalue weighted by Gasteiger charge is 2.04. The van der Waals surface area contributed by atoms with Gasteiger partial charge in [-0.2, -0.15) is 0 Å². The Morgan fingerprint density at radius 3 is 0.905 bits per heavy atom. The minimum absolute atomic E-state index is 0.808. The van der Waals surface area contributed by atoms with Gasteiger partial charge in [-0.25, -0.2) is 0 Å². The number of alkyl halides is 1. The highest BCUT2D eigenvalue weighted by Crippen LogP contribution is 2.25. The third-order valence-corrected chi connectivity index (χ3v) is 9.27. The summed E-state index contributed by atoms with van der Waals surface area (Å²) in [5, 5.41) is 0.832. The molecule has 0 fully saturated rings. The topological polar surface area (TPSA) is 18.5 Å². The van der Waals surface area contributed by atoms with E-state index in [9.17, 15) is 0 Å². The zero-order valence-corrected chi connectivity index (χ0v) is 29.9. The van der Waals surface area contributed by atoms with Crippen molar-refractivity contribution in [1.29, 1.82) is 0 Å². The van der Waals surface area contributed by atoms with Gasteiger partial charge in [0.15, 0.2) is 0 Å². The van der Waals surface area contributed by atoms with E-state index in [0.717, 1.165) is 42.9 Å². The molecule has 0 aliphatic heterocycles. The Morgan fingerprint density at radius 2 is 0.643 bits per heavy atom. The molecule has 0 saturated carbocycles. The highest BCUT2D eigenvalue weighted by molar-refractivity contribution is 9.08. The van der Waals surface area contributed by atoms with E-state index in [0.29, 0.717) is 0 Å². The summed E-state index contributed by atoms with van der Waals surface area (Å²) in [4.78, 5) is 0. The molecular weight excluding hydrogens is 580 g/mol. The number of halogens is 1. The molecule has 42 heavy (non-hydrogen) atoms. The molecular formula is C39H71BrO2. The van der Waals surface area contributed by atoms with Crippen molar-refractivity contribution in [3.8, 4) is 11.5 Å². The quantitative estimate of drug-likeness (QED) is 0.0556. The average molecular weight is 652 g/mol. The van der Waals surface area contributed by atoms with E-state index >= 15 is 0 Å². The maximum absolute atomic E-state index is 6.12. The van der Waals surface area contributed by atoms with Gasteiger partial charge in [-0.1, -0.05) is 197 Å². The van der Waals surface area contributed by atoms with Crippen LogP contribution in [0.15, 0.2) is 18.2 Å².